The summed E-state index contributed by atoms with van der Waals surface area (Å²) in [7, 11) is 1.77. The number of benzene rings is 1. The Balaban J connectivity index is 2.28. The first-order valence-electron chi connectivity index (χ1n) is 6.17. The summed E-state index contributed by atoms with van der Waals surface area (Å²) in [6.07, 6.45) is 0. The molecule has 0 amide bonds. The first kappa shape index (κ1) is 14.9. The van der Waals surface area contributed by atoms with Crippen LogP contribution in [0, 0.1) is 35.6 Å². The Labute approximate surface area is 119 Å². The average molecular weight is 296 g/mol. The molecule has 8 heteroatoms. The molecule has 0 aliphatic carbocycles. The summed E-state index contributed by atoms with van der Waals surface area (Å²) in [5.41, 5.74) is 1.58. The van der Waals surface area contributed by atoms with Crippen molar-refractivity contribution in [3.8, 4) is 0 Å². The van der Waals surface area contributed by atoms with E-state index >= 15 is 0 Å². The van der Waals surface area contributed by atoms with E-state index in [2.05, 4.69) is 10.4 Å². The van der Waals surface area contributed by atoms with Crippen LogP contribution in [0.25, 0.3) is 0 Å². The molecule has 0 spiro atoms. The number of hydrogen-bond acceptors (Lipinski definition) is 4. The predicted octanol–water partition coefficient (Wildman–Crippen LogP) is 2.84. The zero-order valence-corrected chi connectivity index (χ0v) is 11.8. The molecule has 0 saturated carbocycles. The molecular weight excluding hydrogens is 282 g/mol. The van der Waals surface area contributed by atoms with E-state index in [1.54, 1.807) is 18.7 Å². The lowest BCUT2D eigenvalue weighted by Crippen LogP contribution is -2.05. The van der Waals surface area contributed by atoms with Crippen molar-refractivity contribution < 1.29 is 13.7 Å². The molecule has 0 fully saturated rings. The maximum atomic E-state index is 13.7. The Morgan fingerprint density at radius 2 is 2.00 bits per heavy atom. The van der Waals surface area contributed by atoms with Gasteiger partial charge in [-0.25, -0.2) is 4.39 Å². The summed E-state index contributed by atoms with van der Waals surface area (Å²) in [6, 6.07) is 1.43. The van der Waals surface area contributed by atoms with Gasteiger partial charge >= 0.3 is 5.69 Å². The lowest BCUT2D eigenvalue weighted by molar-refractivity contribution is -0.387. The van der Waals surface area contributed by atoms with Crippen LogP contribution in [-0.4, -0.2) is 14.7 Å². The third-order valence-corrected chi connectivity index (χ3v) is 3.28. The molecule has 1 N–H and O–H groups in total. The smallest absolute Gasteiger partial charge is 0.305 e. The van der Waals surface area contributed by atoms with E-state index in [-0.39, 0.29) is 12.1 Å². The molecule has 2 aromatic rings. The molecular formula is C13H14F2N4O2. The maximum Gasteiger partial charge on any atom is 0.305 e. The monoisotopic (exact) mass is 296 g/mol. The molecule has 0 atom stereocenters. The van der Waals surface area contributed by atoms with Gasteiger partial charge in [0.05, 0.1) is 22.0 Å². The number of aromatic nitrogens is 2. The van der Waals surface area contributed by atoms with Crippen LogP contribution in [0.4, 0.5) is 20.2 Å². The van der Waals surface area contributed by atoms with Crippen LogP contribution in [0.15, 0.2) is 12.1 Å². The number of nitrogens with one attached hydrogen (secondary N) is 1. The van der Waals surface area contributed by atoms with Gasteiger partial charge in [-0.15, -0.1) is 0 Å². The molecule has 21 heavy (non-hydrogen) atoms. The van der Waals surface area contributed by atoms with Gasteiger partial charge in [0.2, 0.25) is 5.82 Å². The van der Waals surface area contributed by atoms with Crippen molar-refractivity contribution in [1.29, 1.82) is 0 Å². The van der Waals surface area contributed by atoms with Crippen molar-refractivity contribution in [3.63, 3.8) is 0 Å². The van der Waals surface area contributed by atoms with E-state index in [1.165, 1.54) is 0 Å². The fourth-order valence-corrected chi connectivity index (χ4v) is 2.07. The van der Waals surface area contributed by atoms with Gasteiger partial charge in [0.15, 0.2) is 0 Å². The molecule has 1 heterocycles. The molecule has 0 aliphatic heterocycles. The van der Waals surface area contributed by atoms with Crippen LogP contribution in [0.1, 0.15) is 17.0 Å². The van der Waals surface area contributed by atoms with Gasteiger partial charge in [-0.1, -0.05) is 0 Å². The SMILES string of the molecule is Cc1nn(C)c(C)c1NCc1cc([N+](=O)[O-])c(F)cc1F. The highest BCUT2D eigenvalue weighted by Gasteiger charge is 2.19. The summed E-state index contributed by atoms with van der Waals surface area (Å²) < 4.78 is 28.6. The Bertz CT molecular complexity index is 713. The minimum Gasteiger partial charge on any atom is -0.378 e. The Hall–Kier alpha value is -2.51. The number of aryl methyl sites for hydroxylation is 2. The molecule has 0 aliphatic rings. The van der Waals surface area contributed by atoms with Gasteiger partial charge in [-0.05, 0) is 13.8 Å². The zero-order valence-electron chi connectivity index (χ0n) is 11.8. The van der Waals surface area contributed by atoms with E-state index in [4.69, 9.17) is 0 Å². The van der Waals surface area contributed by atoms with Gasteiger partial charge in [-0.2, -0.15) is 9.49 Å². The van der Waals surface area contributed by atoms with Crippen LogP contribution in [0.2, 0.25) is 0 Å². The van der Waals surface area contributed by atoms with Gasteiger partial charge in [0.25, 0.3) is 0 Å². The van der Waals surface area contributed by atoms with E-state index in [0.717, 1.165) is 23.1 Å². The number of anilines is 1. The standard InChI is InChI=1S/C13H14F2N4O2/c1-7-13(8(2)18(3)17-7)16-6-9-4-12(19(20)21)11(15)5-10(9)14/h4-5,16H,6H2,1-3H3. The van der Waals surface area contributed by atoms with Gasteiger partial charge in [0.1, 0.15) is 5.82 Å². The maximum absolute atomic E-state index is 13.7. The van der Waals surface area contributed by atoms with Gasteiger partial charge in [0, 0.05) is 31.3 Å². The van der Waals surface area contributed by atoms with Gasteiger partial charge < -0.3 is 5.32 Å². The predicted molar refractivity (Wildman–Crippen MR) is 73.0 cm³/mol. The highest BCUT2D eigenvalue weighted by molar-refractivity contribution is 5.52. The van der Waals surface area contributed by atoms with Crippen LogP contribution < -0.4 is 5.32 Å². The van der Waals surface area contributed by atoms with Crippen molar-refractivity contribution >= 4 is 11.4 Å². The summed E-state index contributed by atoms with van der Waals surface area (Å²) >= 11 is 0. The molecule has 0 radical (unpaired) electrons. The second-order valence-corrected chi connectivity index (χ2v) is 4.68. The highest BCUT2D eigenvalue weighted by Crippen LogP contribution is 2.24. The van der Waals surface area contributed by atoms with E-state index in [9.17, 15) is 18.9 Å². The third kappa shape index (κ3) is 2.83. The molecule has 1 aromatic heterocycles. The summed E-state index contributed by atoms with van der Waals surface area (Å²) in [4.78, 5) is 9.80. The van der Waals surface area contributed by atoms with Crippen molar-refractivity contribution in [2.45, 2.75) is 20.4 Å². The van der Waals surface area contributed by atoms with Crippen molar-refractivity contribution in [2.75, 3.05) is 5.32 Å². The number of rotatable bonds is 4. The fourth-order valence-electron chi connectivity index (χ4n) is 2.07. The van der Waals surface area contributed by atoms with Crippen molar-refractivity contribution in [2.24, 2.45) is 7.05 Å². The largest absolute Gasteiger partial charge is 0.378 e. The fraction of sp³-hybridized carbons (Fsp3) is 0.308. The lowest BCUT2D eigenvalue weighted by Gasteiger charge is -2.08. The average Bonchev–Trinajstić information content (AvgIpc) is 2.62. The first-order chi connectivity index (χ1) is 9.81. The number of nitro groups is 1. The van der Waals surface area contributed by atoms with Crippen LogP contribution in [0.5, 0.6) is 0 Å². The zero-order chi connectivity index (χ0) is 15.7. The molecule has 112 valence electrons. The van der Waals surface area contributed by atoms with Crippen molar-refractivity contribution in [1.82, 2.24) is 9.78 Å². The minimum absolute atomic E-state index is 0.000324. The second kappa shape index (κ2) is 5.47. The normalized spacial score (nSPS) is 10.7. The van der Waals surface area contributed by atoms with E-state index in [0.29, 0.717) is 6.07 Å². The topological polar surface area (TPSA) is 73.0 Å². The number of halogens is 2. The quantitative estimate of drug-likeness (QED) is 0.695. The second-order valence-electron chi connectivity index (χ2n) is 4.68. The molecule has 0 unspecified atom stereocenters. The Morgan fingerprint density at radius 3 is 2.52 bits per heavy atom. The lowest BCUT2D eigenvalue weighted by atomic mass is 10.1. The summed E-state index contributed by atoms with van der Waals surface area (Å²) in [5.74, 6) is -2.01. The van der Waals surface area contributed by atoms with E-state index in [1.807, 2.05) is 6.92 Å². The first-order valence-corrected chi connectivity index (χ1v) is 6.17. The highest BCUT2D eigenvalue weighted by atomic mass is 19.1. The summed E-state index contributed by atoms with van der Waals surface area (Å²) in [6.45, 7) is 3.63. The molecule has 0 saturated heterocycles. The number of nitro benzene ring substituents is 1. The third-order valence-electron chi connectivity index (χ3n) is 3.28. The summed E-state index contributed by atoms with van der Waals surface area (Å²) in [5, 5.41) is 17.9. The molecule has 1 aromatic carbocycles. The number of nitrogens with zero attached hydrogens (tertiary/aromatic N) is 3. The van der Waals surface area contributed by atoms with Crippen LogP contribution in [-0.2, 0) is 13.6 Å². The van der Waals surface area contributed by atoms with Gasteiger partial charge in [-0.3, -0.25) is 14.8 Å². The minimum atomic E-state index is -1.19. The van der Waals surface area contributed by atoms with Crippen LogP contribution in [0.3, 0.4) is 0 Å². The molecule has 6 nitrogen and oxygen atoms in total. The number of hydrogen-bond donors (Lipinski definition) is 1. The van der Waals surface area contributed by atoms with E-state index < -0.39 is 22.2 Å². The molecule has 0 bridgehead atoms. The Morgan fingerprint density at radius 1 is 1.33 bits per heavy atom. The van der Waals surface area contributed by atoms with Crippen LogP contribution >= 0.6 is 0 Å². The van der Waals surface area contributed by atoms with Crippen molar-refractivity contribution in [3.05, 3.63) is 50.8 Å². The molecule has 2 rings (SSSR count). The Kier molecular flexibility index (Phi) is 3.88.